The predicted octanol–water partition coefficient (Wildman–Crippen LogP) is 3.60. The number of benzene rings is 2. The summed E-state index contributed by atoms with van der Waals surface area (Å²) in [5.74, 6) is 0. The van der Waals surface area contributed by atoms with Crippen LogP contribution in [-0.4, -0.2) is 18.8 Å². The highest BCUT2D eigenvalue weighted by atomic mass is 32.2. The SMILES string of the molecule is Cc1ccc(S(=O)(=O)N2C=Cc3ccccc3CC2C)cc1. The third kappa shape index (κ3) is 2.66. The highest BCUT2D eigenvalue weighted by molar-refractivity contribution is 7.89. The highest BCUT2D eigenvalue weighted by Gasteiger charge is 2.27. The van der Waals surface area contributed by atoms with Crippen molar-refractivity contribution in [3.05, 3.63) is 71.4 Å². The second-order valence-electron chi connectivity index (χ2n) is 5.72. The molecule has 0 amide bonds. The average Bonchev–Trinajstić information content (AvgIpc) is 2.66. The standard InChI is InChI=1S/C18H19NO2S/c1-14-7-9-18(10-8-14)22(20,21)19-12-11-16-5-3-4-6-17(16)13-15(19)2/h3-12,15H,13H2,1-2H3. The summed E-state index contributed by atoms with van der Waals surface area (Å²) in [6, 6.07) is 14.9. The molecule has 0 saturated heterocycles. The molecule has 3 rings (SSSR count). The normalized spacial score (nSPS) is 17.9. The van der Waals surface area contributed by atoms with Crippen LogP contribution in [0.1, 0.15) is 23.6 Å². The molecule has 114 valence electrons. The van der Waals surface area contributed by atoms with Crippen molar-refractivity contribution in [3.8, 4) is 0 Å². The van der Waals surface area contributed by atoms with E-state index in [9.17, 15) is 8.42 Å². The lowest BCUT2D eigenvalue weighted by molar-refractivity contribution is 0.421. The monoisotopic (exact) mass is 313 g/mol. The first-order valence-electron chi connectivity index (χ1n) is 7.35. The number of rotatable bonds is 2. The molecule has 1 unspecified atom stereocenters. The number of hydrogen-bond donors (Lipinski definition) is 0. The van der Waals surface area contributed by atoms with E-state index in [4.69, 9.17) is 0 Å². The maximum Gasteiger partial charge on any atom is 0.264 e. The van der Waals surface area contributed by atoms with Gasteiger partial charge in [-0.3, -0.25) is 4.31 Å². The first-order valence-corrected chi connectivity index (χ1v) is 8.79. The molecule has 0 radical (unpaired) electrons. The van der Waals surface area contributed by atoms with E-state index in [1.54, 1.807) is 18.3 Å². The van der Waals surface area contributed by atoms with Gasteiger partial charge in [0.25, 0.3) is 10.0 Å². The third-order valence-corrected chi connectivity index (χ3v) is 5.91. The van der Waals surface area contributed by atoms with E-state index in [0.717, 1.165) is 11.1 Å². The van der Waals surface area contributed by atoms with Gasteiger partial charge in [-0.1, -0.05) is 42.0 Å². The summed E-state index contributed by atoms with van der Waals surface area (Å²) in [6.45, 7) is 3.89. The lowest BCUT2D eigenvalue weighted by Crippen LogP contribution is -2.34. The summed E-state index contributed by atoms with van der Waals surface area (Å²) in [4.78, 5) is 0.334. The van der Waals surface area contributed by atoms with Crippen molar-refractivity contribution < 1.29 is 8.42 Å². The Morgan fingerprint density at radius 3 is 2.45 bits per heavy atom. The quantitative estimate of drug-likeness (QED) is 0.849. The number of nitrogens with zero attached hydrogens (tertiary/aromatic N) is 1. The number of aryl methyl sites for hydroxylation is 1. The van der Waals surface area contributed by atoms with E-state index >= 15 is 0 Å². The van der Waals surface area contributed by atoms with E-state index in [1.807, 2.05) is 50.3 Å². The van der Waals surface area contributed by atoms with Gasteiger partial charge in [0, 0.05) is 12.2 Å². The fourth-order valence-corrected chi connectivity index (χ4v) is 4.23. The van der Waals surface area contributed by atoms with Crippen LogP contribution in [0.25, 0.3) is 6.08 Å². The van der Waals surface area contributed by atoms with Gasteiger partial charge in [-0.05, 0) is 49.6 Å². The maximum atomic E-state index is 12.9. The Kier molecular flexibility index (Phi) is 3.79. The lowest BCUT2D eigenvalue weighted by Gasteiger charge is -2.26. The van der Waals surface area contributed by atoms with Crippen molar-refractivity contribution in [1.29, 1.82) is 0 Å². The number of fused-ring (bicyclic) bond motifs is 1. The zero-order chi connectivity index (χ0) is 15.7. The minimum absolute atomic E-state index is 0.119. The van der Waals surface area contributed by atoms with Gasteiger partial charge in [0.2, 0.25) is 0 Å². The smallest absolute Gasteiger partial charge is 0.264 e. The molecule has 1 aliphatic rings. The molecular weight excluding hydrogens is 294 g/mol. The Morgan fingerprint density at radius 1 is 1.05 bits per heavy atom. The van der Waals surface area contributed by atoms with E-state index < -0.39 is 10.0 Å². The van der Waals surface area contributed by atoms with Crippen LogP contribution in [0.3, 0.4) is 0 Å². The predicted molar refractivity (Wildman–Crippen MR) is 88.8 cm³/mol. The van der Waals surface area contributed by atoms with Gasteiger partial charge in [0.15, 0.2) is 0 Å². The van der Waals surface area contributed by atoms with Crippen molar-refractivity contribution >= 4 is 16.1 Å². The maximum absolute atomic E-state index is 12.9. The zero-order valence-corrected chi connectivity index (χ0v) is 13.5. The zero-order valence-electron chi connectivity index (χ0n) is 12.7. The fraction of sp³-hybridized carbons (Fsp3) is 0.222. The Balaban J connectivity index is 2.00. The minimum Gasteiger partial charge on any atom is -0.270 e. The molecule has 4 heteroatoms. The Morgan fingerprint density at radius 2 is 1.73 bits per heavy atom. The van der Waals surface area contributed by atoms with E-state index in [0.29, 0.717) is 11.3 Å². The van der Waals surface area contributed by atoms with Crippen LogP contribution in [-0.2, 0) is 16.4 Å². The Bertz CT molecular complexity index is 807. The fourth-order valence-electron chi connectivity index (χ4n) is 2.74. The van der Waals surface area contributed by atoms with Gasteiger partial charge in [-0.25, -0.2) is 8.42 Å². The van der Waals surface area contributed by atoms with Gasteiger partial charge >= 0.3 is 0 Å². The second-order valence-corrected chi connectivity index (χ2v) is 7.56. The average molecular weight is 313 g/mol. The van der Waals surface area contributed by atoms with Crippen LogP contribution in [0.4, 0.5) is 0 Å². The van der Waals surface area contributed by atoms with Crippen molar-refractivity contribution in [3.63, 3.8) is 0 Å². The molecule has 0 bridgehead atoms. The second kappa shape index (κ2) is 5.61. The molecule has 0 saturated carbocycles. The topological polar surface area (TPSA) is 37.4 Å². The van der Waals surface area contributed by atoms with Crippen LogP contribution in [0.15, 0.2) is 59.6 Å². The molecule has 0 N–H and O–H groups in total. The molecule has 1 heterocycles. The summed E-state index contributed by atoms with van der Waals surface area (Å²) in [6.07, 6.45) is 4.27. The Labute approximate surface area is 132 Å². The van der Waals surface area contributed by atoms with E-state index in [2.05, 4.69) is 6.07 Å². The molecular formula is C18H19NO2S. The Hall–Kier alpha value is -2.07. The van der Waals surface area contributed by atoms with Crippen molar-refractivity contribution in [2.45, 2.75) is 31.2 Å². The molecule has 0 spiro atoms. The molecule has 2 aromatic carbocycles. The molecule has 1 aliphatic heterocycles. The van der Waals surface area contributed by atoms with Crippen LogP contribution in [0, 0.1) is 6.92 Å². The van der Waals surface area contributed by atoms with E-state index in [-0.39, 0.29) is 6.04 Å². The van der Waals surface area contributed by atoms with Crippen LogP contribution < -0.4 is 0 Å². The van der Waals surface area contributed by atoms with Crippen molar-refractivity contribution in [2.24, 2.45) is 0 Å². The van der Waals surface area contributed by atoms with E-state index in [1.165, 1.54) is 9.87 Å². The highest BCUT2D eigenvalue weighted by Crippen LogP contribution is 2.26. The molecule has 2 aromatic rings. The minimum atomic E-state index is -3.52. The first-order chi connectivity index (χ1) is 10.5. The van der Waals surface area contributed by atoms with Crippen molar-refractivity contribution in [2.75, 3.05) is 0 Å². The molecule has 0 aliphatic carbocycles. The first kappa shape index (κ1) is 14.9. The molecule has 3 nitrogen and oxygen atoms in total. The summed E-state index contributed by atoms with van der Waals surface area (Å²) < 4.78 is 27.2. The molecule has 1 atom stereocenters. The van der Waals surface area contributed by atoms with Crippen molar-refractivity contribution in [1.82, 2.24) is 4.31 Å². The molecule has 0 fully saturated rings. The number of hydrogen-bond acceptors (Lipinski definition) is 2. The molecule has 22 heavy (non-hydrogen) atoms. The summed E-state index contributed by atoms with van der Waals surface area (Å²) in [5.41, 5.74) is 3.30. The van der Waals surface area contributed by atoms with Gasteiger partial charge < -0.3 is 0 Å². The number of sulfonamides is 1. The molecule has 0 aromatic heterocycles. The van der Waals surface area contributed by atoms with Gasteiger partial charge in [0.05, 0.1) is 4.90 Å². The lowest BCUT2D eigenvalue weighted by atomic mass is 10.0. The van der Waals surface area contributed by atoms with Gasteiger partial charge in [0.1, 0.15) is 0 Å². The summed E-state index contributed by atoms with van der Waals surface area (Å²) in [7, 11) is -3.52. The van der Waals surface area contributed by atoms with Crippen LogP contribution >= 0.6 is 0 Å². The van der Waals surface area contributed by atoms with Crippen LogP contribution in [0.2, 0.25) is 0 Å². The summed E-state index contributed by atoms with van der Waals surface area (Å²) in [5, 5.41) is 0. The van der Waals surface area contributed by atoms with Gasteiger partial charge in [-0.15, -0.1) is 0 Å². The third-order valence-electron chi connectivity index (χ3n) is 4.00. The van der Waals surface area contributed by atoms with Crippen LogP contribution in [0.5, 0.6) is 0 Å². The van der Waals surface area contributed by atoms with Gasteiger partial charge in [-0.2, -0.15) is 0 Å². The largest absolute Gasteiger partial charge is 0.270 e. The summed E-state index contributed by atoms with van der Waals surface area (Å²) >= 11 is 0.